The van der Waals surface area contributed by atoms with Crippen molar-refractivity contribution in [1.29, 1.82) is 5.26 Å². The van der Waals surface area contributed by atoms with Gasteiger partial charge in [0.25, 0.3) is 0 Å². The Morgan fingerprint density at radius 2 is 2.17 bits per heavy atom. The number of carbonyl (C=O) groups excluding carboxylic acids is 1. The number of anilines is 1. The summed E-state index contributed by atoms with van der Waals surface area (Å²) >= 11 is 2.85. The van der Waals surface area contributed by atoms with Gasteiger partial charge in [0.1, 0.15) is 16.8 Å². The van der Waals surface area contributed by atoms with Crippen LogP contribution in [0.15, 0.2) is 42.1 Å². The maximum absolute atomic E-state index is 12.9. The van der Waals surface area contributed by atoms with Crippen LogP contribution in [-0.2, 0) is 24.2 Å². The molecular formula is C27H31N5O2S2. The predicted octanol–water partition coefficient (Wildman–Crippen LogP) is 5.95. The Bertz CT molecular complexity index is 1310. The average molecular weight is 522 g/mol. The molecule has 0 saturated carbocycles. The Labute approximate surface area is 220 Å². The molecule has 36 heavy (non-hydrogen) atoms. The third-order valence-corrected chi connectivity index (χ3v) is 8.70. The highest BCUT2D eigenvalue weighted by atomic mass is 32.2. The van der Waals surface area contributed by atoms with Crippen LogP contribution in [-0.4, -0.2) is 33.5 Å². The first kappa shape index (κ1) is 26.0. The molecule has 9 heteroatoms. The van der Waals surface area contributed by atoms with Gasteiger partial charge < -0.3 is 10.1 Å². The number of aromatic nitrogens is 3. The Morgan fingerprint density at radius 3 is 2.86 bits per heavy atom. The normalized spacial score (nSPS) is 15.1. The first-order valence-corrected chi connectivity index (χ1v) is 13.7. The minimum absolute atomic E-state index is 0.152. The van der Waals surface area contributed by atoms with Gasteiger partial charge in [0.2, 0.25) is 5.91 Å². The molecule has 1 amide bonds. The minimum Gasteiger partial charge on any atom is -0.496 e. The van der Waals surface area contributed by atoms with E-state index in [4.69, 9.17) is 4.74 Å². The van der Waals surface area contributed by atoms with Crippen LogP contribution in [0.5, 0.6) is 5.75 Å². The molecule has 0 bridgehead atoms. The fraction of sp³-hybridized carbons (Fsp3) is 0.407. The zero-order chi connectivity index (χ0) is 25.9. The van der Waals surface area contributed by atoms with E-state index in [1.54, 1.807) is 24.5 Å². The van der Waals surface area contributed by atoms with Crippen molar-refractivity contribution in [2.24, 2.45) is 11.3 Å². The molecule has 3 aromatic rings. The highest BCUT2D eigenvalue weighted by Crippen LogP contribution is 2.44. The van der Waals surface area contributed by atoms with E-state index in [9.17, 15) is 10.1 Å². The van der Waals surface area contributed by atoms with Crippen LogP contribution in [0.1, 0.15) is 43.2 Å². The number of hydrogen-bond donors (Lipinski definition) is 1. The second-order valence-electron chi connectivity index (χ2n) is 9.87. The predicted molar refractivity (Wildman–Crippen MR) is 146 cm³/mol. The number of fused-ring (bicyclic) bond motifs is 1. The second-order valence-corrected chi connectivity index (χ2v) is 11.9. The molecule has 1 atom stereocenters. The maximum Gasteiger partial charge on any atom is 0.235 e. The van der Waals surface area contributed by atoms with Crippen LogP contribution in [0, 0.1) is 22.7 Å². The smallest absolute Gasteiger partial charge is 0.235 e. The lowest BCUT2D eigenvalue weighted by atomic mass is 9.72. The number of para-hydroxylation sites is 1. The summed E-state index contributed by atoms with van der Waals surface area (Å²) in [7, 11) is 1.62. The fourth-order valence-corrected chi connectivity index (χ4v) is 6.58. The van der Waals surface area contributed by atoms with Gasteiger partial charge in [0.15, 0.2) is 11.0 Å². The summed E-state index contributed by atoms with van der Waals surface area (Å²) in [5.74, 6) is 1.90. The number of thioether (sulfide) groups is 1. The summed E-state index contributed by atoms with van der Waals surface area (Å²) in [6.07, 6.45) is 4.68. The third-order valence-electron chi connectivity index (χ3n) is 6.56. The summed E-state index contributed by atoms with van der Waals surface area (Å²) in [5, 5.41) is 22.8. The van der Waals surface area contributed by atoms with Crippen molar-refractivity contribution in [2.45, 2.75) is 51.7 Å². The van der Waals surface area contributed by atoms with Gasteiger partial charge >= 0.3 is 0 Å². The van der Waals surface area contributed by atoms with E-state index < -0.39 is 0 Å². The molecule has 7 nitrogen and oxygen atoms in total. The van der Waals surface area contributed by atoms with Crippen LogP contribution in [0.3, 0.4) is 0 Å². The number of ether oxygens (including phenoxy) is 1. The summed E-state index contributed by atoms with van der Waals surface area (Å²) < 4.78 is 7.40. The van der Waals surface area contributed by atoms with Gasteiger partial charge in [-0.3, -0.25) is 9.36 Å². The van der Waals surface area contributed by atoms with Crippen LogP contribution < -0.4 is 10.1 Å². The molecule has 1 unspecified atom stereocenters. The largest absolute Gasteiger partial charge is 0.496 e. The number of benzene rings is 1. The minimum atomic E-state index is -0.172. The van der Waals surface area contributed by atoms with E-state index in [2.05, 4.69) is 48.9 Å². The number of amides is 1. The third kappa shape index (κ3) is 5.35. The Kier molecular flexibility index (Phi) is 7.86. The lowest BCUT2D eigenvalue weighted by Gasteiger charge is -2.33. The number of hydrogen-bond acceptors (Lipinski definition) is 7. The molecule has 1 aliphatic rings. The standard InChI is InChI=1S/C27H31N5O2S2/c1-6-13-32-24(19-9-7-8-10-21(19)34-5)30-31-26(32)35-16-23(33)29-25-20(15-28)18-12-11-17(27(2,3)4)14-22(18)36-25/h6-10,17H,1,11-14,16H2,2-5H3,(H,29,33). The van der Waals surface area contributed by atoms with Crippen molar-refractivity contribution in [2.75, 3.05) is 18.2 Å². The molecule has 0 saturated heterocycles. The quantitative estimate of drug-likeness (QED) is 0.291. The Hall–Kier alpha value is -3.09. The first-order valence-electron chi connectivity index (χ1n) is 11.9. The van der Waals surface area contributed by atoms with E-state index in [-0.39, 0.29) is 17.1 Å². The van der Waals surface area contributed by atoms with E-state index in [1.165, 1.54) is 16.6 Å². The second kappa shape index (κ2) is 10.9. The highest BCUT2D eigenvalue weighted by Gasteiger charge is 2.32. The average Bonchev–Trinajstić information content (AvgIpc) is 3.42. The first-order chi connectivity index (χ1) is 17.3. The maximum atomic E-state index is 12.9. The molecule has 0 radical (unpaired) electrons. The van der Waals surface area contributed by atoms with Crippen molar-refractivity contribution in [3.8, 4) is 23.2 Å². The summed E-state index contributed by atoms with van der Waals surface area (Å²) in [6.45, 7) is 11.2. The molecule has 2 heterocycles. The van der Waals surface area contributed by atoms with Crippen LogP contribution in [0.2, 0.25) is 0 Å². The lowest BCUT2D eigenvalue weighted by Crippen LogP contribution is -2.26. The number of nitrogens with zero attached hydrogens (tertiary/aromatic N) is 4. The van der Waals surface area contributed by atoms with E-state index in [0.717, 1.165) is 30.4 Å². The van der Waals surface area contributed by atoms with Crippen molar-refractivity contribution in [3.63, 3.8) is 0 Å². The van der Waals surface area contributed by atoms with Gasteiger partial charge in [-0.1, -0.05) is 50.7 Å². The van der Waals surface area contributed by atoms with E-state index in [1.807, 2.05) is 28.8 Å². The lowest BCUT2D eigenvalue weighted by molar-refractivity contribution is -0.113. The van der Waals surface area contributed by atoms with Gasteiger partial charge in [-0.2, -0.15) is 5.26 Å². The molecule has 188 valence electrons. The number of thiophene rings is 1. The molecule has 1 aromatic carbocycles. The fourth-order valence-electron chi connectivity index (χ4n) is 4.54. The van der Waals surface area contributed by atoms with Crippen LogP contribution in [0.4, 0.5) is 5.00 Å². The zero-order valence-electron chi connectivity index (χ0n) is 21.1. The number of rotatable bonds is 8. The number of nitrogens with one attached hydrogen (secondary N) is 1. The Balaban J connectivity index is 1.49. The number of carbonyl (C=O) groups is 1. The highest BCUT2D eigenvalue weighted by molar-refractivity contribution is 7.99. The van der Waals surface area contributed by atoms with Gasteiger partial charge in [0.05, 0.1) is 24.0 Å². The van der Waals surface area contributed by atoms with Crippen molar-refractivity contribution in [3.05, 3.63) is 52.9 Å². The van der Waals surface area contributed by atoms with E-state index >= 15 is 0 Å². The van der Waals surface area contributed by atoms with Crippen molar-refractivity contribution in [1.82, 2.24) is 14.8 Å². The number of allylic oxidation sites excluding steroid dienone is 1. The molecule has 4 rings (SSSR count). The molecule has 1 aliphatic carbocycles. The van der Waals surface area contributed by atoms with Crippen LogP contribution in [0.25, 0.3) is 11.4 Å². The topological polar surface area (TPSA) is 92.8 Å². The molecule has 2 aromatic heterocycles. The number of methoxy groups -OCH3 is 1. The number of nitriles is 1. The summed E-state index contributed by atoms with van der Waals surface area (Å²) in [6, 6.07) is 9.95. The van der Waals surface area contributed by atoms with E-state index in [0.29, 0.717) is 39.8 Å². The van der Waals surface area contributed by atoms with Crippen LogP contribution >= 0.6 is 23.1 Å². The molecule has 0 fully saturated rings. The zero-order valence-corrected chi connectivity index (χ0v) is 22.8. The molecule has 0 aliphatic heterocycles. The van der Waals surface area contributed by atoms with Gasteiger partial charge in [0, 0.05) is 11.4 Å². The molecular weight excluding hydrogens is 490 g/mol. The van der Waals surface area contributed by atoms with Gasteiger partial charge in [-0.25, -0.2) is 0 Å². The van der Waals surface area contributed by atoms with Gasteiger partial charge in [-0.15, -0.1) is 28.1 Å². The van der Waals surface area contributed by atoms with Crippen molar-refractivity contribution < 1.29 is 9.53 Å². The summed E-state index contributed by atoms with van der Waals surface area (Å²) in [4.78, 5) is 14.1. The SMILES string of the molecule is C=CCn1c(SCC(=O)Nc2sc3c(c2C#N)CCC(C(C)(C)C)C3)nnc1-c1ccccc1OC. The molecule has 0 spiro atoms. The molecule has 1 N–H and O–H groups in total. The monoisotopic (exact) mass is 521 g/mol. The Morgan fingerprint density at radius 1 is 1.39 bits per heavy atom. The van der Waals surface area contributed by atoms with Gasteiger partial charge in [-0.05, 0) is 48.3 Å². The van der Waals surface area contributed by atoms with Crippen molar-refractivity contribution >= 4 is 34.0 Å². The summed E-state index contributed by atoms with van der Waals surface area (Å²) in [5.41, 5.74) is 2.77.